The van der Waals surface area contributed by atoms with Crippen molar-refractivity contribution in [2.45, 2.75) is 0 Å². The average molecular weight is 282 g/mol. The van der Waals surface area contributed by atoms with Gasteiger partial charge in [-0.15, -0.1) is 0 Å². The van der Waals surface area contributed by atoms with Crippen LogP contribution in [0.3, 0.4) is 0 Å². The minimum Gasteiger partial charge on any atom is -0.496 e. The van der Waals surface area contributed by atoms with Gasteiger partial charge in [0.1, 0.15) is 5.75 Å². The summed E-state index contributed by atoms with van der Waals surface area (Å²) in [5.74, 6) is -0.357. The molecule has 0 fully saturated rings. The molecule has 0 atom stereocenters. The van der Waals surface area contributed by atoms with Crippen LogP contribution in [0.4, 0.5) is 0 Å². The van der Waals surface area contributed by atoms with Gasteiger partial charge in [-0.25, -0.2) is 4.79 Å². The first-order chi connectivity index (χ1) is 10.1. The minimum absolute atomic E-state index is 0.0162. The Balaban J connectivity index is 2.35. The standard InChI is InChI=1S/C16H14N2O3/c1-18-13(9-12(17-18)16(19)20)15-11-6-4-3-5-10(11)7-8-14(15)21-2/h3-9H,1-2H3,(H,19,20). The molecule has 0 unspecified atom stereocenters. The van der Waals surface area contributed by atoms with Crippen LogP contribution in [0.25, 0.3) is 22.0 Å². The van der Waals surface area contributed by atoms with Crippen LogP contribution < -0.4 is 4.74 Å². The molecular formula is C16H14N2O3. The van der Waals surface area contributed by atoms with Crippen LogP contribution in [0.2, 0.25) is 0 Å². The van der Waals surface area contributed by atoms with E-state index in [1.165, 1.54) is 0 Å². The lowest BCUT2D eigenvalue weighted by Gasteiger charge is -2.12. The van der Waals surface area contributed by atoms with E-state index >= 15 is 0 Å². The highest BCUT2D eigenvalue weighted by atomic mass is 16.5. The fraction of sp³-hybridized carbons (Fsp3) is 0.125. The number of carboxylic acid groups (broad SMARTS) is 1. The van der Waals surface area contributed by atoms with Crippen LogP contribution in [0.15, 0.2) is 42.5 Å². The summed E-state index contributed by atoms with van der Waals surface area (Å²) < 4.78 is 7.01. The summed E-state index contributed by atoms with van der Waals surface area (Å²) in [7, 11) is 3.32. The van der Waals surface area contributed by atoms with Crippen molar-refractivity contribution in [1.29, 1.82) is 0 Å². The number of fused-ring (bicyclic) bond motifs is 1. The van der Waals surface area contributed by atoms with E-state index in [2.05, 4.69) is 5.10 Å². The third-order valence-corrected chi connectivity index (χ3v) is 3.47. The van der Waals surface area contributed by atoms with Gasteiger partial charge in [-0.05, 0) is 22.9 Å². The molecule has 1 heterocycles. The summed E-state index contributed by atoms with van der Waals surface area (Å²) in [5.41, 5.74) is 1.57. The van der Waals surface area contributed by atoms with E-state index in [0.717, 1.165) is 16.3 Å². The van der Waals surface area contributed by atoms with Gasteiger partial charge in [-0.1, -0.05) is 30.3 Å². The second-order valence-corrected chi connectivity index (χ2v) is 4.71. The summed E-state index contributed by atoms with van der Waals surface area (Å²) >= 11 is 0. The molecule has 3 rings (SSSR count). The van der Waals surface area contributed by atoms with Crippen molar-refractivity contribution in [3.63, 3.8) is 0 Å². The van der Waals surface area contributed by atoms with E-state index < -0.39 is 5.97 Å². The lowest BCUT2D eigenvalue weighted by Crippen LogP contribution is -1.99. The SMILES string of the molecule is COc1ccc2ccccc2c1-c1cc(C(=O)O)nn1C. The first kappa shape index (κ1) is 13.2. The Morgan fingerprint density at radius 1 is 1.24 bits per heavy atom. The molecule has 0 aliphatic rings. The molecule has 2 aromatic carbocycles. The lowest BCUT2D eigenvalue weighted by atomic mass is 10.0. The monoisotopic (exact) mass is 282 g/mol. The number of aromatic carboxylic acids is 1. The Morgan fingerprint density at radius 3 is 2.67 bits per heavy atom. The van der Waals surface area contributed by atoms with E-state index in [9.17, 15) is 4.79 Å². The molecule has 0 radical (unpaired) electrons. The molecule has 1 aromatic heterocycles. The van der Waals surface area contributed by atoms with Gasteiger partial charge in [0.05, 0.1) is 12.8 Å². The zero-order valence-corrected chi connectivity index (χ0v) is 11.7. The highest BCUT2D eigenvalue weighted by molar-refractivity contribution is 6.00. The summed E-state index contributed by atoms with van der Waals surface area (Å²) in [5, 5.41) is 15.2. The zero-order valence-electron chi connectivity index (χ0n) is 11.7. The fourth-order valence-corrected chi connectivity index (χ4v) is 2.49. The second kappa shape index (κ2) is 4.94. The Bertz CT molecular complexity index is 837. The smallest absolute Gasteiger partial charge is 0.356 e. The van der Waals surface area contributed by atoms with Crippen LogP contribution in [-0.4, -0.2) is 28.0 Å². The number of carboxylic acids is 1. The number of nitrogens with zero attached hydrogens (tertiary/aromatic N) is 2. The molecular weight excluding hydrogens is 268 g/mol. The van der Waals surface area contributed by atoms with Gasteiger partial charge in [0, 0.05) is 12.6 Å². The maximum Gasteiger partial charge on any atom is 0.356 e. The molecule has 0 spiro atoms. The number of hydrogen-bond donors (Lipinski definition) is 1. The number of benzene rings is 2. The zero-order chi connectivity index (χ0) is 15.0. The Hall–Kier alpha value is -2.82. The third kappa shape index (κ3) is 2.12. The predicted molar refractivity (Wildman–Crippen MR) is 79.7 cm³/mol. The third-order valence-electron chi connectivity index (χ3n) is 3.47. The molecule has 5 nitrogen and oxygen atoms in total. The Morgan fingerprint density at radius 2 is 2.00 bits per heavy atom. The topological polar surface area (TPSA) is 64.3 Å². The average Bonchev–Trinajstić information content (AvgIpc) is 2.88. The van der Waals surface area contributed by atoms with E-state index in [4.69, 9.17) is 9.84 Å². The summed E-state index contributed by atoms with van der Waals surface area (Å²) in [6.07, 6.45) is 0. The molecule has 0 saturated carbocycles. The summed E-state index contributed by atoms with van der Waals surface area (Å²) in [4.78, 5) is 11.1. The number of rotatable bonds is 3. The van der Waals surface area contributed by atoms with E-state index in [1.807, 2.05) is 36.4 Å². The normalized spacial score (nSPS) is 10.8. The maximum atomic E-state index is 11.1. The lowest BCUT2D eigenvalue weighted by molar-refractivity contribution is 0.0689. The molecule has 1 N–H and O–H groups in total. The van der Waals surface area contributed by atoms with Crippen molar-refractivity contribution >= 4 is 16.7 Å². The van der Waals surface area contributed by atoms with Gasteiger partial charge < -0.3 is 9.84 Å². The molecule has 106 valence electrons. The molecule has 3 aromatic rings. The molecule has 0 amide bonds. The molecule has 0 aliphatic carbocycles. The van der Waals surface area contributed by atoms with Gasteiger partial charge >= 0.3 is 5.97 Å². The first-order valence-electron chi connectivity index (χ1n) is 6.45. The molecule has 0 saturated heterocycles. The number of carbonyl (C=O) groups is 1. The van der Waals surface area contributed by atoms with Crippen molar-refractivity contribution in [2.75, 3.05) is 7.11 Å². The van der Waals surface area contributed by atoms with Crippen molar-refractivity contribution in [1.82, 2.24) is 9.78 Å². The van der Waals surface area contributed by atoms with Crippen LogP contribution in [0.5, 0.6) is 5.75 Å². The van der Waals surface area contributed by atoms with Crippen molar-refractivity contribution in [3.05, 3.63) is 48.2 Å². The largest absolute Gasteiger partial charge is 0.496 e. The number of methoxy groups -OCH3 is 1. The van der Waals surface area contributed by atoms with Crippen molar-refractivity contribution in [2.24, 2.45) is 7.05 Å². The number of aromatic nitrogens is 2. The minimum atomic E-state index is -1.05. The molecule has 0 aliphatic heterocycles. The maximum absolute atomic E-state index is 11.1. The first-order valence-corrected chi connectivity index (χ1v) is 6.45. The van der Waals surface area contributed by atoms with E-state index in [1.54, 1.807) is 24.9 Å². The van der Waals surface area contributed by atoms with Gasteiger partial charge in [0.25, 0.3) is 0 Å². The van der Waals surface area contributed by atoms with Gasteiger partial charge in [0.2, 0.25) is 0 Å². The second-order valence-electron chi connectivity index (χ2n) is 4.71. The highest BCUT2D eigenvalue weighted by Crippen LogP contribution is 2.37. The summed E-state index contributed by atoms with van der Waals surface area (Å²) in [6.45, 7) is 0. The van der Waals surface area contributed by atoms with Crippen LogP contribution in [0.1, 0.15) is 10.5 Å². The number of hydrogen-bond acceptors (Lipinski definition) is 3. The Kier molecular flexibility index (Phi) is 3.10. The van der Waals surface area contributed by atoms with Gasteiger partial charge in [-0.2, -0.15) is 5.10 Å². The van der Waals surface area contributed by atoms with Crippen LogP contribution in [-0.2, 0) is 7.05 Å². The van der Waals surface area contributed by atoms with Crippen molar-refractivity contribution < 1.29 is 14.6 Å². The van der Waals surface area contributed by atoms with Gasteiger partial charge in [-0.3, -0.25) is 4.68 Å². The van der Waals surface area contributed by atoms with Gasteiger partial charge in [0.15, 0.2) is 5.69 Å². The fourth-order valence-electron chi connectivity index (χ4n) is 2.49. The molecule has 5 heteroatoms. The van der Waals surface area contributed by atoms with E-state index in [0.29, 0.717) is 11.4 Å². The van der Waals surface area contributed by atoms with Crippen LogP contribution in [0, 0.1) is 0 Å². The highest BCUT2D eigenvalue weighted by Gasteiger charge is 2.18. The quantitative estimate of drug-likeness (QED) is 0.802. The van der Waals surface area contributed by atoms with E-state index in [-0.39, 0.29) is 5.69 Å². The number of aryl methyl sites for hydroxylation is 1. The van der Waals surface area contributed by atoms with Crippen LogP contribution >= 0.6 is 0 Å². The molecule has 0 bridgehead atoms. The molecule has 21 heavy (non-hydrogen) atoms. The predicted octanol–water partition coefficient (Wildman–Crippen LogP) is 2.95. The number of ether oxygens (including phenoxy) is 1. The summed E-state index contributed by atoms with van der Waals surface area (Å²) in [6, 6.07) is 13.3. The Labute approximate surface area is 121 Å². The van der Waals surface area contributed by atoms with Crippen molar-refractivity contribution in [3.8, 4) is 17.0 Å².